The smallest absolute Gasteiger partial charge is 0.339 e. The van der Waals surface area contributed by atoms with Gasteiger partial charge in [0.15, 0.2) is 21.2 Å². The summed E-state index contributed by atoms with van der Waals surface area (Å²) in [4.78, 5) is 11.8. The van der Waals surface area contributed by atoms with Crippen LogP contribution in [0.15, 0.2) is 24.3 Å². The molecule has 0 saturated heterocycles. The molecule has 0 aliphatic rings. The molecule has 0 N–H and O–H groups in total. The van der Waals surface area contributed by atoms with Crippen molar-refractivity contribution >= 4 is 27.2 Å². The maximum atomic E-state index is 11.8. The Labute approximate surface area is 125 Å². The number of esters is 1. The van der Waals surface area contributed by atoms with E-state index in [2.05, 4.69) is 6.92 Å². The molecule has 0 spiro atoms. The number of rotatable bonds is 9. The van der Waals surface area contributed by atoms with Crippen LogP contribution >= 0.6 is 21.2 Å². The monoisotopic (exact) mass is 376 g/mol. The first kappa shape index (κ1) is 16.3. The van der Waals surface area contributed by atoms with E-state index in [0.717, 1.165) is 12.8 Å². The summed E-state index contributed by atoms with van der Waals surface area (Å²) in [5.74, 6) is -0.347. The van der Waals surface area contributed by atoms with Crippen LogP contribution in [0.3, 0.4) is 0 Å². The summed E-state index contributed by atoms with van der Waals surface area (Å²) in [6.45, 7) is 2.65. The minimum Gasteiger partial charge on any atom is -0.462 e. The van der Waals surface area contributed by atoms with E-state index in [1.165, 1.54) is 25.7 Å². The number of unbranched alkanes of at least 4 members (excludes halogenated alkanes) is 5. The topological polar surface area (TPSA) is 43.4 Å². The number of carbonyl (C=O) groups excluding carboxylic acids is 1. The highest BCUT2D eigenvalue weighted by Crippen LogP contribution is 2.16. The van der Waals surface area contributed by atoms with Crippen molar-refractivity contribution in [2.75, 3.05) is 6.61 Å². The Kier molecular flexibility index (Phi) is 8.62. The quantitative estimate of drug-likeness (QED) is 0.357. The summed E-state index contributed by atoms with van der Waals surface area (Å²) in [5.41, 5.74) is 0.455. The van der Waals surface area contributed by atoms with Crippen LogP contribution in [0, 0.1) is 3.57 Å². The van der Waals surface area contributed by atoms with Crippen LogP contribution in [0.2, 0.25) is 0 Å². The van der Waals surface area contributed by atoms with Gasteiger partial charge >= 0.3 is 5.97 Å². The lowest BCUT2D eigenvalue weighted by molar-refractivity contribution is 0.0496. The van der Waals surface area contributed by atoms with E-state index in [0.29, 0.717) is 15.7 Å². The Balaban J connectivity index is 2.26. The third-order valence-electron chi connectivity index (χ3n) is 2.91. The summed E-state index contributed by atoms with van der Waals surface area (Å²) < 4.78 is 16.9. The van der Waals surface area contributed by atoms with E-state index >= 15 is 0 Å². The molecular formula is C15H21IO3. The summed E-state index contributed by atoms with van der Waals surface area (Å²) >= 11 is -1.33. The summed E-state index contributed by atoms with van der Waals surface area (Å²) in [5, 5.41) is 0. The number of benzene rings is 1. The van der Waals surface area contributed by atoms with Crippen LogP contribution in [-0.2, 0) is 7.81 Å². The molecule has 0 radical (unpaired) electrons. The molecule has 0 aliphatic carbocycles. The highest BCUT2D eigenvalue weighted by atomic mass is 127. The zero-order chi connectivity index (χ0) is 13.9. The molecule has 0 aromatic heterocycles. The van der Waals surface area contributed by atoms with Crippen LogP contribution in [0.5, 0.6) is 0 Å². The lowest BCUT2D eigenvalue weighted by atomic mass is 10.1. The minimum absolute atomic E-state index is 0.347. The molecule has 0 fully saturated rings. The first-order valence-electron chi connectivity index (χ1n) is 6.82. The van der Waals surface area contributed by atoms with Crippen LogP contribution in [0.25, 0.3) is 0 Å². The molecule has 1 aromatic carbocycles. The molecule has 3 nitrogen and oxygen atoms in total. The van der Waals surface area contributed by atoms with Crippen LogP contribution in [0.1, 0.15) is 55.8 Å². The van der Waals surface area contributed by atoms with Crippen molar-refractivity contribution in [2.24, 2.45) is 0 Å². The van der Waals surface area contributed by atoms with Crippen molar-refractivity contribution in [3.63, 3.8) is 0 Å². The van der Waals surface area contributed by atoms with Gasteiger partial charge in [-0.1, -0.05) is 51.2 Å². The predicted molar refractivity (Wildman–Crippen MR) is 83.5 cm³/mol. The van der Waals surface area contributed by atoms with Gasteiger partial charge in [0.05, 0.1) is 15.7 Å². The lowest BCUT2D eigenvalue weighted by Crippen LogP contribution is -2.08. The van der Waals surface area contributed by atoms with Crippen molar-refractivity contribution < 1.29 is 12.6 Å². The van der Waals surface area contributed by atoms with Gasteiger partial charge < -0.3 is 4.74 Å². The Bertz CT molecular complexity index is 404. The molecule has 0 amide bonds. The van der Waals surface area contributed by atoms with Gasteiger partial charge in [-0.15, -0.1) is 0 Å². The lowest BCUT2D eigenvalue weighted by Gasteiger charge is -2.06. The molecule has 0 heterocycles. The van der Waals surface area contributed by atoms with E-state index in [-0.39, 0.29) is 5.97 Å². The van der Waals surface area contributed by atoms with E-state index < -0.39 is 21.2 Å². The zero-order valence-corrected chi connectivity index (χ0v) is 13.5. The van der Waals surface area contributed by atoms with Gasteiger partial charge in [0.25, 0.3) is 0 Å². The van der Waals surface area contributed by atoms with Crippen LogP contribution in [-0.4, -0.2) is 12.6 Å². The highest BCUT2D eigenvalue weighted by molar-refractivity contribution is 14.1. The predicted octanol–water partition coefficient (Wildman–Crippen LogP) is 4.69. The fourth-order valence-corrected chi connectivity index (χ4v) is 2.81. The Hall–Kier alpha value is -0.780. The van der Waals surface area contributed by atoms with Crippen molar-refractivity contribution in [3.05, 3.63) is 33.4 Å². The average Bonchev–Trinajstić information content (AvgIpc) is 2.46. The first-order valence-corrected chi connectivity index (χ1v) is 8.78. The Morgan fingerprint density at radius 1 is 1.11 bits per heavy atom. The van der Waals surface area contributed by atoms with Crippen molar-refractivity contribution in [1.29, 1.82) is 0 Å². The molecule has 0 aliphatic heterocycles. The van der Waals surface area contributed by atoms with Crippen molar-refractivity contribution in [3.8, 4) is 0 Å². The average molecular weight is 376 g/mol. The number of carbonyl (C=O) groups is 1. The molecule has 1 aromatic rings. The molecule has 106 valence electrons. The summed E-state index contributed by atoms with van der Waals surface area (Å²) in [6, 6.07) is 6.96. The summed E-state index contributed by atoms with van der Waals surface area (Å²) in [6.07, 6.45) is 6.99. The van der Waals surface area contributed by atoms with E-state index in [1.54, 1.807) is 24.3 Å². The molecule has 19 heavy (non-hydrogen) atoms. The van der Waals surface area contributed by atoms with Crippen molar-refractivity contribution in [1.82, 2.24) is 0 Å². The standard InChI is InChI=1S/C15H21IO3/c1-2-3-4-5-6-9-12-19-15(17)13-10-7-8-11-14(13)16-18/h7-8,10-11H,2-6,9,12H2,1H3. The molecule has 0 bridgehead atoms. The second-order valence-corrected chi connectivity index (χ2v) is 6.06. The second-order valence-electron chi connectivity index (χ2n) is 4.46. The molecule has 0 unspecified atom stereocenters. The number of ether oxygens (including phenoxy) is 1. The summed E-state index contributed by atoms with van der Waals surface area (Å²) in [7, 11) is 0. The van der Waals surface area contributed by atoms with E-state index in [1.807, 2.05) is 0 Å². The Morgan fingerprint density at radius 2 is 1.79 bits per heavy atom. The third-order valence-corrected chi connectivity index (χ3v) is 4.32. The van der Waals surface area contributed by atoms with Gasteiger partial charge in [0, 0.05) is 0 Å². The van der Waals surface area contributed by atoms with Crippen molar-refractivity contribution in [2.45, 2.75) is 45.4 Å². The van der Waals surface area contributed by atoms with Crippen LogP contribution in [0.4, 0.5) is 0 Å². The fourth-order valence-electron chi connectivity index (χ4n) is 1.82. The minimum atomic E-state index is -1.33. The van der Waals surface area contributed by atoms with Gasteiger partial charge in [0.2, 0.25) is 0 Å². The maximum Gasteiger partial charge on any atom is 0.339 e. The highest BCUT2D eigenvalue weighted by Gasteiger charge is 2.11. The van der Waals surface area contributed by atoms with E-state index in [4.69, 9.17) is 4.74 Å². The van der Waals surface area contributed by atoms with Gasteiger partial charge in [-0.05, 0) is 18.6 Å². The number of hydrogen-bond acceptors (Lipinski definition) is 3. The number of hydrogen-bond donors (Lipinski definition) is 0. The number of halogens is 1. The maximum absolute atomic E-state index is 11.8. The normalized spacial score (nSPS) is 10.4. The molecule has 4 heteroatoms. The van der Waals surface area contributed by atoms with Gasteiger partial charge in [-0.3, -0.25) is 3.07 Å². The van der Waals surface area contributed by atoms with Gasteiger partial charge in [-0.2, -0.15) is 0 Å². The SMILES string of the molecule is CCCCCCCCOC(=O)c1ccccc1I=O. The van der Waals surface area contributed by atoms with Crippen LogP contribution < -0.4 is 0 Å². The molecule has 0 saturated carbocycles. The largest absolute Gasteiger partial charge is 0.462 e. The second kappa shape index (κ2) is 10.1. The van der Waals surface area contributed by atoms with Gasteiger partial charge in [-0.25, -0.2) is 4.79 Å². The van der Waals surface area contributed by atoms with Gasteiger partial charge in [0.1, 0.15) is 0 Å². The molecular weight excluding hydrogens is 355 g/mol. The zero-order valence-electron chi connectivity index (χ0n) is 11.4. The fraction of sp³-hybridized carbons (Fsp3) is 0.533. The Morgan fingerprint density at radius 3 is 2.53 bits per heavy atom. The molecule has 1 rings (SSSR count). The van der Waals surface area contributed by atoms with E-state index in [9.17, 15) is 7.86 Å². The molecule has 0 atom stereocenters. The first-order chi connectivity index (χ1) is 9.29. The third kappa shape index (κ3) is 6.27.